The molecule has 1 saturated heterocycles. The van der Waals surface area contributed by atoms with Crippen molar-refractivity contribution in [1.82, 2.24) is 14.9 Å². The summed E-state index contributed by atoms with van der Waals surface area (Å²) in [6.45, 7) is 2.61. The smallest absolute Gasteiger partial charge is 0.303 e. The maximum Gasteiger partial charge on any atom is 0.303 e. The number of carboxylic acid groups (broad SMARTS) is 1. The Morgan fingerprint density at radius 3 is 2.86 bits per heavy atom. The molecule has 1 unspecified atom stereocenters. The SMILES string of the molecule is COc1ccc2nccc(C(F)CC[C@@H]3CCN(CCCc4ccccn4)C[C@@H]3CC(=O)O)c2c1. The Balaban J connectivity index is 1.35. The van der Waals surface area contributed by atoms with Crippen molar-refractivity contribution in [2.75, 3.05) is 26.7 Å². The van der Waals surface area contributed by atoms with Gasteiger partial charge in [-0.1, -0.05) is 6.07 Å². The van der Waals surface area contributed by atoms with Crippen LogP contribution in [0, 0.1) is 11.8 Å². The fourth-order valence-corrected chi connectivity index (χ4v) is 5.29. The van der Waals surface area contributed by atoms with E-state index in [1.165, 1.54) is 0 Å². The molecule has 0 spiro atoms. The number of aliphatic carboxylic acids is 1. The Bertz CT molecular complexity index is 1110. The highest BCUT2D eigenvalue weighted by atomic mass is 19.1. The summed E-state index contributed by atoms with van der Waals surface area (Å²) in [7, 11) is 1.59. The molecule has 0 saturated carbocycles. The van der Waals surface area contributed by atoms with E-state index in [1.54, 1.807) is 19.4 Å². The fraction of sp³-hybridized carbons (Fsp3) is 0.464. The van der Waals surface area contributed by atoms with Crippen molar-refractivity contribution in [3.63, 3.8) is 0 Å². The molecule has 4 rings (SSSR count). The summed E-state index contributed by atoms with van der Waals surface area (Å²) in [5.74, 6) is 0.145. The lowest BCUT2D eigenvalue weighted by Gasteiger charge is -2.38. The molecule has 0 radical (unpaired) electrons. The van der Waals surface area contributed by atoms with Crippen LogP contribution in [0.2, 0.25) is 0 Å². The average molecular weight is 480 g/mol. The van der Waals surface area contributed by atoms with Crippen LogP contribution < -0.4 is 4.74 Å². The first-order valence-corrected chi connectivity index (χ1v) is 12.4. The van der Waals surface area contributed by atoms with E-state index >= 15 is 4.39 Å². The standard InChI is InChI=1S/C28H34FN3O3/c1-35-23-8-10-27-25(18-23)24(11-14-31-27)26(29)9-7-20-12-16-32(19-21(20)17-28(33)34)15-4-6-22-5-2-3-13-30-22/h2-3,5,8,10-11,13-14,18,20-21,26H,4,6-7,9,12,15-17,19H2,1H3,(H,33,34)/t20-,21+,26?/m1/s1. The van der Waals surface area contributed by atoms with E-state index in [1.807, 2.05) is 42.6 Å². The van der Waals surface area contributed by atoms with E-state index in [4.69, 9.17) is 4.74 Å². The number of hydrogen-bond donors (Lipinski definition) is 1. The van der Waals surface area contributed by atoms with Crippen LogP contribution in [-0.4, -0.2) is 52.7 Å². The van der Waals surface area contributed by atoms with Gasteiger partial charge in [0.25, 0.3) is 0 Å². The number of aromatic nitrogens is 2. The minimum absolute atomic E-state index is 0.0394. The summed E-state index contributed by atoms with van der Waals surface area (Å²) in [4.78, 5) is 22.7. The highest BCUT2D eigenvalue weighted by molar-refractivity contribution is 5.83. The summed E-state index contributed by atoms with van der Waals surface area (Å²) < 4.78 is 20.8. The van der Waals surface area contributed by atoms with Gasteiger partial charge >= 0.3 is 5.97 Å². The second kappa shape index (κ2) is 12.1. The van der Waals surface area contributed by atoms with Crippen LogP contribution in [-0.2, 0) is 11.2 Å². The Morgan fingerprint density at radius 1 is 1.20 bits per heavy atom. The second-order valence-electron chi connectivity index (χ2n) is 9.46. The van der Waals surface area contributed by atoms with Crippen LogP contribution in [0.5, 0.6) is 5.75 Å². The molecular formula is C28H34FN3O3. The van der Waals surface area contributed by atoms with Crippen LogP contribution in [0.4, 0.5) is 4.39 Å². The molecule has 186 valence electrons. The van der Waals surface area contributed by atoms with E-state index in [9.17, 15) is 9.90 Å². The Labute approximate surface area is 206 Å². The normalized spacial score (nSPS) is 19.5. The summed E-state index contributed by atoms with van der Waals surface area (Å²) in [6, 6.07) is 13.2. The van der Waals surface area contributed by atoms with Gasteiger partial charge in [0, 0.05) is 36.4 Å². The Kier molecular flexibility index (Phi) is 8.64. The number of piperidine rings is 1. The van der Waals surface area contributed by atoms with Gasteiger partial charge in [-0.25, -0.2) is 4.39 Å². The number of carboxylic acids is 1. The van der Waals surface area contributed by atoms with Gasteiger partial charge in [-0.05, 0) is 99.0 Å². The lowest BCUT2D eigenvalue weighted by Crippen LogP contribution is -2.42. The zero-order valence-corrected chi connectivity index (χ0v) is 20.3. The number of halogens is 1. The quantitative estimate of drug-likeness (QED) is 0.393. The highest BCUT2D eigenvalue weighted by Crippen LogP contribution is 2.36. The minimum Gasteiger partial charge on any atom is -0.497 e. The number of ether oxygens (including phenoxy) is 1. The number of benzene rings is 1. The number of pyridine rings is 2. The number of nitrogens with zero attached hydrogens (tertiary/aromatic N) is 3. The van der Waals surface area contributed by atoms with Gasteiger partial charge in [0.1, 0.15) is 11.9 Å². The molecule has 35 heavy (non-hydrogen) atoms. The molecule has 0 bridgehead atoms. The Hall–Kier alpha value is -3.06. The van der Waals surface area contributed by atoms with E-state index in [0.717, 1.165) is 55.5 Å². The molecule has 1 N–H and O–H groups in total. The largest absolute Gasteiger partial charge is 0.497 e. The minimum atomic E-state index is -1.13. The molecule has 3 aromatic rings. The molecule has 0 aliphatic carbocycles. The second-order valence-corrected chi connectivity index (χ2v) is 9.46. The van der Waals surface area contributed by atoms with Crippen molar-refractivity contribution in [2.24, 2.45) is 11.8 Å². The third-order valence-electron chi connectivity index (χ3n) is 7.16. The molecule has 6 nitrogen and oxygen atoms in total. The molecule has 1 aromatic carbocycles. The molecule has 1 fully saturated rings. The highest BCUT2D eigenvalue weighted by Gasteiger charge is 2.31. The molecule has 7 heteroatoms. The van der Waals surface area contributed by atoms with Gasteiger partial charge in [-0.15, -0.1) is 0 Å². The molecule has 3 atom stereocenters. The van der Waals surface area contributed by atoms with Crippen molar-refractivity contribution < 1.29 is 19.0 Å². The van der Waals surface area contributed by atoms with E-state index in [-0.39, 0.29) is 18.3 Å². The first kappa shape index (κ1) is 25.0. The number of aryl methyl sites for hydroxylation is 1. The van der Waals surface area contributed by atoms with Gasteiger partial charge in [0.05, 0.1) is 12.6 Å². The maximum atomic E-state index is 15.4. The van der Waals surface area contributed by atoms with E-state index < -0.39 is 12.1 Å². The van der Waals surface area contributed by atoms with E-state index in [2.05, 4.69) is 14.9 Å². The average Bonchev–Trinajstić information content (AvgIpc) is 2.87. The van der Waals surface area contributed by atoms with Gasteiger partial charge in [-0.2, -0.15) is 0 Å². The summed E-state index contributed by atoms with van der Waals surface area (Å²) in [5, 5.41) is 10.3. The van der Waals surface area contributed by atoms with Crippen LogP contribution in [0.15, 0.2) is 54.9 Å². The lowest BCUT2D eigenvalue weighted by molar-refractivity contribution is -0.139. The predicted molar refractivity (Wildman–Crippen MR) is 134 cm³/mol. The number of alkyl halides is 1. The van der Waals surface area contributed by atoms with Crippen LogP contribution >= 0.6 is 0 Å². The van der Waals surface area contributed by atoms with Crippen molar-refractivity contribution in [1.29, 1.82) is 0 Å². The number of hydrogen-bond acceptors (Lipinski definition) is 5. The van der Waals surface area contributed by atoms with Crippen molar-refractivity contribution in [3.05, 3.63) is 66.1 Å². The Morgan fingerprint density at radius 2 is 2.09 bits per heavy atom. The summed E-state index contributed by atoms with van der Waals surface area (Å²) in [5.41, 5.74) is 2.45. The molecule has 3 heterocycles. The number of rotatable bonds is 11. The number of likely N-dealkylation sites (tertiary alicyclic amines) is 1. The maximum absolute atomic E-state index is 15.4. The summed E-state index contributed by atoms with van der Waals surface area (Å²) >= 11 is 0. The van der Waals surface area contributed by atoms with Crippen molar-refractivity contribution >= 4 is 16.9 Å². The monoisotopic (exact) mass is 479 g/mol. The third-order valence-corrected chi connectivity index (χ3v) is 7.16. The first-order valence-electron chi connectivity index (χ1n) is 12.4. The molecule has 0 amide bonds. The number of carbonyl (C=O) groups is 1. The van der Waals surface area contributed by atoms with Gasteiger partial charge in [0.15, 0.2) is 0 Å². The fourth-order valence-electron chi connectivity index (χ4n) is 5.29. The molecule has 1 aliphatic heterocycles. The van der Waals surface area contributed by atoms with Gasteiger partial charge < -0.3 is 14.7 Å². The zero-order chi connectivity index (χ0) is 24.6. The first-order chi connectivity index (χ1) is 17.0. The molecule has 2 aromatic heterocycles. The van der Waals surface area contributed by atoms with Crippen molar-refractivity contribution in [3.8, 4) is 5.75 Å². The van der Waals surface area contributed by atoms with Crippen LogP contribution in [0.3, 0.4) is 0 Å². The third kappa shape index (κ3) is 6.75. The van der Waals surface area contributed by atoms with Gasteiger partial charge in [-0.3, -0.25) is 14.8 Å². The molecule has 1 aliphatic rings. The predicted octanol–water partition coefficient (Wildman–Crippen LogP) is 5.47. The van der Waals surface area contributed by atoms with E-state index in [0.29, 0.717) is 24.2 Å². The number of fused-ring (bicyclic) bond motifs is 1. The zero-order valence-electron chi connectivity index (χ0n) is 20.3. The van der Waals surface area contributed by atoms with Crippen LogP contribution in [0.1, 0.15) is 49.5 Å². The molecular weight excluding hydrogens is 445 g/mol. The summed E-state index contributed by atoms with van der Waals surface area (Å²) in [6.07, 6.45) is 6.32. The van der Waals surface area contributed by atoms with Crippen LogP contribution in [0.25, 0.3) is 10.9 Å². The topological polar surface area (TPSA) is 75.5 Å². The van der Waals surface area contributed by atoms with Gasteiger partial charge in [0.2, 0.25) is 0 Å². The number of methoxy groups -OCH3 is 1. The lowest BCUT2D eigenvalue weighted by atomic mass is 9.79. The van der Waals surface area contributed by atoms with Crippen molar-refractivity contribution in [2.45, 2.75) is 44.7 Å².